The average molecular weight is 297 g/mol. The van der Waals surface area contributed by atoms with E-state index in [-0.39, 0.29) is 10.3 Å². The minimum atomic E-state index is -3.42. The fraction of sp³-hybridized carbons (Fsp3) is 0.643. The molecule has 0 aromatic heterocycles. The Labute approximate surface area is 121 Å². The first-order valence-electron chi connectivity index (χ1n) is 7.01. The topological polar surface area (TPSA) is 53.0 Å². The second kappa shape index (κ2) is 5.79. The van der Waals surface area contributed by atoms with Crippen LogP contribution in [-0.2, 0) is 10.0 Å². The molecule has 1 saturated heterocycles. The molecule has 0 atom stereocenters. The zero-order valence-electron chi connectivity index (χ0n) is 12.4. The Morgan fingerprint density at radius 3 is 2.50 bits per heavy atom. The first-order valence-corrected chi connectivity index (χ1v) is 8.45. The van der Waals surface area contributed by atoms with Gasteiger partial charge in [-0.25, -0.2) is 8.42 Å². The highest BCUT2D eigenvalue weighted by molar-refractivity contribution is 7.93. The van der Waals surface area contributed by atoms with Crippen LogP contribution < -0.4 is 0 Å². The lowest BCUT2D eigenvalue weighted by molar-refractivity contribution is 0.197. The standard InChI is InChI=1S/C14H23N3O2S/c1-4-16-7-9-17(10-8-16)20(18,19)13-5-6-14(2,3)12-15-11-13/h5-6,11-12H,4,7-10H2,1-3H3. The predicted octanol–water partition coefficient (Wildman–Crippen LogP) is 1.46. The first kappa shape index (κ1) is 15.4. The number of hydrogen-bond donors (Lipinski definition) is 0. The lowest BCUT2D eigenvalue weighted by atomic mass is 9.95. The molecule has 5 nitrogen and oxygen atoms in total. The van der Waals surface area contributed by atoms with Gasteiger partial charge in [0.1, 0.15) is 4.91 Å². The van der Waals surface area contributed by atoms with Crippen molar-refractivity contribution in [3.05, 3.63) is 23.3 Å². The van der Waals surface area contributed by atoms with Gasteiger partial charge in [0, 0.05) is 44.0 Å². The van der Waals surface area contributed by atoms with E-state index in [0.717, 1.165) is 19.6 Å². The summed E-state index contributed by atoms with van der Waals surface area (Å²) in [5.41, 5.74) is -0.214. The lowest BCUT2D eigenvalue weighted by Gasteiger charge is -2.33. The van der Waals surface area contributed by atoms with Crippen LogP contribution in [0, 0.1) is 5.41 Å². The van der Waals surface area contributed by atoms with Gasteiger partial charge in [-0.3, -0.25) is 4.99 Å². The third kappa shape index (κ3) is 3.37. The number of sulfonamides is 1. The third-order valence-corrected chi connectivity index (χ3v) is 5.58. The predicted molar refractivity (Wildman–Crippen MR) is 82.1 cm³/mol. The molecule has 6 heteroatoms. The number of aliphatic imine (C=N–C) groups is 1. The van der Waals surface area contributed by atoms with Crippen LogP contribution in [-0.4, -0.2) is 56.6 Å². The Kier molecular flexibility index (Phi) is 4.46. The molecule has 0 bridgehead atoms. The molecule has 2 rings (SSSR count). The molecule has 0 N–H and O–H groups in total. The molecule has 0 saturated carbocycles. The van der Waals surface area contributed by atoms with E-state index in [2.05, 4.69) is 16.8 Å². The first-order chi connectivity index (χ1) is 9.35. The molecule has 0 amide bonds. The van der Waals surface area contributed by atoms with Crippen molar-refractivity contribution in [1.29, 1.82) is 0 Å². The molecule has 2 aliphatic heterocycles. The number of piperazine rings is 1. The van der Waals surface area contributed by atoms with Crippen molar-refractivity contribution in [3.8, 4) is 0 Å². The van der Waals surface area contributed by atoms with Crippen molar-refractivity contribution >= 4 is 16.2 Å². The highest BCUT2D eigenvalue weighted by Crippen LogP contribution is 2.23. The van der Waals surface area contributed by atoms with E-state index in [1.807, 2.05) is 19.9 Å². The summed E-state index contributed by atoms with van der Waals surface area (Å²) in [7, 11) is -3.42. The van der Waals surface area contributed by atoms with Crippen molar-refractivity contribution in [1.82, 2.24) is 9.21 Å². The summed E-state index contributed by atoms with van der Waals surface area (Å²) in [4.78, 5) is 6.67. The second-order valence-electron chi connectivity index (χ2n) is 5.80. The summed E-state index contributed by atoms with van der Waals surface area (Å²) < 4.78 is 26.8. The summed E-state index contributed by atoms with van der Waals surface area (Å²) in [5.74, 6) is 0. The van der Waals surface area contributed by atoms with Gasteiger partial charge in [0.05, 0.1) is 0 Å². The summed E-state index contributed by atoms with van der Waals surface area (Å²) in [6, 6.07) is 0. The van der Waals surface area contributed by atoms with E-state index in [1.54, 1.807) is 16.6 Å². The molecule has 2 heterocycles. The van der Waals surface area contributed by atoms with E-state index >= 15 is 0 Å². The van der Waals surface area contributed by atoms with Gasteiger partial charge in [-0.2, -0.15) is 4.31 Å². The van der Waals surface area contributed by atoms with Crippen molar-refractivity contribution < 1.29 is 8.42 Å². The molecule has 20 heavy (non-hydrogen) atoms. The van der Waals surface area contributed by atoms with Gasteiger partial charge in [-0.05, 0) is 12.6 Å². The largest absolute Gasteiger partial charge is 0.301 e. The molecule has 0 radical (unpaired) electrons. The summed E-state index contributed by atoms with van der Waals surface area (Å²) in [6.45, 7) is 9.74. The molecular weight excluding hydrogens is 274 g/mol. The van der Waals surface area contributed by atoms with Crippen LogP contribution in [0.15, 0.2) is 28.2 Å². The van der Waals surface area contributed by atoms with Crippen LogP contribution in [0.2, 0.25) is 0 Å². The maximum Gasteiger partial charge on any atom is 0.244 e. The smallest absolute Gasteiger partial charge is 0.244 e. The van der Waals surface area contributed by atoms with Gasteiger partial charge in [0.25, 0.3) is 0 Å². The molecule has 2 aliphatic rings. The highest BCUT2D eigenvalue weighted by atomic mass is 32.2. The molecule has 0 aliphatic carbocycles. The number of likely N-dealkylation sites (N-methyl/N-ethyl adjacent to an activating group) is 1. The Balaban J connectivity index is 2.16. The third-order valence-electron chi connectivity index (χ3n) is 3.70. The molecule has 1 fully saturated rings. The van der Waals surface area contributed by atoms with Crippen molar-refractivity contribution in [2.75, 3.05) is 32.7 Å². The number of rotatable bonds is 3. The number of nitrogens with zero attached hydrogens (tertiary/aromatic N) is 3. The molecule has 0 aromatic rings. The van der Waals surface area contributed by atoms with Crippen LogP contribution in [0.1, 0.15) is 20.8 Å². The molecular formula is C14H23N3O2S. The van der Waals surface area contributed by atoms with E-state index in [4.69, 9.17) is 0 Å². The van der Waals surface area contributed by atoms with Crippen LogP contribution in [0.25, 0.3) is 0 Å². The Morgan fingerprint density at radius 2 is 1.90 bits per heavy atom. The maximum atomic E-state index is 12.6. The highest BCUT2D eigenvalue weighted by Gasteiger charge is 2.29. The van der Waals surface area contributed by atoms with Crippen LogP contribution in [0.5, 0.6) is 0 Å². The molecule has 0 spiro atoms. The van der Waals surface area contributed by atoms with Gasteiger partial charge < -0.3 is 4.90 Å². The SMILES string of the molecule is CCN1CCN(S(=O)(=O)C2=CN=CC(C)(C)C=C2)CC1. The summed E-state index contributed by atoms with van der Waals surface area (Å²) in [6.07, 6.45) is 6.78. The van der Waals surface area contributed by atoms with Gasteiger partial charge >= 0.3 is 0 Å². The Morgan fingerprint density at radius 1 is 1.25 bits per heavy atom. The van der Waals surface area contributed by atoms with Crippen molar-refractivity contribution in [2.24, 2.45) is 10.4 Å². The zero-order chi connectivity index (χ0) is 14.8. The monoisotopic (exact) mass is 297 g/mol. The van der Waals surface area contributed by atoms with E-state index in [1.165, 1.54) is 6.20 Å². The van der Waals surface area contributed by atoms with Crippen molar-refractivity contribution in [3.63, 3.8) is 0 Å². The van der Waals surface area contributed by atoms with Crippen LogP contribution >= 0.6 is 0 Å². The van der Waals surface area contributed by atoms with Gasteiger partial charge in [-0.15, -0.1) is 0 Å². The number of allylic oxidation sites excluding steroid dienone is 2. The zero-order valence-corrected chi connectivity index (χ0v) is 13.2. The molecule has 0 aromatic carbocycles. The van der Waals surface area contributed by atoms with E-state index < -0.39 is 10.0 Å². The maximum absolute atomic E-state index is 12.6. The van der Waals surface area contributed by atoms with Gasteiger partial charge in [0.2, 0.25) is 10.0 Å². The minimum absolute atomic E-state index is 0.214. The van der Waals surface area contributed by atoms with E-state index in [9.17, 15) is 8.42 Å². The molecule has 112 valence electrons. The fourth-order valence-corrected chi connectivity index (χ4v) is 3.65. The van der Waals surface area contributed by atoms with Crippen molar-refractivity contribution in [2.45, 2.75) is 20.8 Å². The normalized spacial score (nSPS) is 24.4. The lowest BCUT2D eigenvalue weighted by Crippen LogP contribution is -2.48. The minimum Gasteiger partial charge on any atom is -0.301 e. The quantitative estimate of drug-likeness (QED) is 0.792. The van der Waals surface area contributed by atoms with Crippen LogP contribution in [0.3, 0.4) is 0 Å². The second-order valence-corrected chi connectivity index (χ2v) is 7.74. The average Bonchev–Trinajstić information content (AvgIpc) is 2.60. The summed E-state index contributed by atoms with van der Waals surface area (Å²) in [5, 5.41) is 0. The Bertz CT molecular complexity index is 539. The molecule has 0 unspecified atom stereocenters. The Hall–Kier alpha value is -0.980. The van der Waals surface area contributed by atoms with Gasteiger partial charge in [0.15, 0.2) is 0 Å². The van der Waals surface area contributed by atoms with Crippen LogP contribution in [0.4, 0.5) is 0 Å². The van der Waals surface area contributed by atoms with Gasteiger partial charge in [-0.1, -0.05) is 26.8 Å². The summed E-state index contributed by atoms with van der Waals surface area (Å²) >= 11 is 0. The van der Waals surface area contributed by atoms with E-state index in [0.29, 0.717) is 13.1 Å². The number of hydrogen-bond acceptors (Lipinski definition) is 4. The fourth-order valence-electron chi connectivity index (χ4n) is 2.27.